The third-order valence-corrected chi connectivity index (χ3v) is 10.9. The maximum absolute atomic E-state index is 13.3. The molecule has 2 atom stereocenters. The molecule has 12 heteroatoms. The van der Waals surface area contributed by atoms with E-state index in [9.17, 15) is 21.9 Å². The molecule has 0 bridgehead atoms. The van der Waals surface area contributed by atoms with Gasteiger partial charge in [0.15, 0.2) is 0 Å². The first-order chi connectivity index (χ1) is 18.0. The normalized spacial score (nSPS) is 21.0. The van der Waals surface area contributed by atoms with Crippen molar-refractivity contribution in [2.24, 2.45) is 0 Å². The molecule has 3 N–H and O–H groups in total. The number of ether oxygens (including phenoxy) is 2. The zero-order chi connectivity index (χ0) is 27.6. The van der Waals surface area contributed by atoms with E-state index in [1.807, 2.05) is 19.9 Å². The van der Waals surface area contributed by atoms with Crippen LogP contribution in [0.15, 0.2) is 52.3 Å². The lowest BCUT2D eigenvalue weighted by molar-refractivity contribution is -0.0312. The predicted molar refractivity (Wildman–Crippen MR) is 143 cm³/mol. The second kappa shape index (κ2) is 11.6. The van der Waals surface area contributed by atoms with Crippen LogP contribution in [-0.2, 0) is 24.8 Å². The average Bonchev–Trinajstić information content (AvgIpc) is 3.30. The van der Waals surface area contributed by atoms with Crippen LogP contribution in [-0.4, -0.2) is 83.9 Å². The number of aliphatic hydroxyl groups is 1. The predicted octanol–water partition coefficient (Wildman–Crippen LogP) is 1.55. The van der Waals surface area contributed by atoms with Crippen LogP contribution in [0.5, 0.6) is 5.75 Å². The Labute approximate surface area is 225 Å². The molecule has 2 heterocycles. The third-order valence-electron chi connectivity index (χ3n) is 7.48. The second-order valence-corrected chi connectivity index (χ2v) is 13.8. The number of hydrogen-bond acceptors (Lipinski definition) is 8. The van der Waals surface area contributed by atoms with E-state index < -0.39 is 26.2 Å². The summed E-state index contributed by atoms with van der Waals surface area (Å²) in [6.07, 6.45) is 1.17. The van der Waals surface area contributed by atoms with Gasteiger partial charge in [0, 0.05) is 31.7 Å². The van der Waals surface area contributed by atoms with Gasteiger partial charge in [-0.3, -0.25) is 0 Å². The highest BCUT2D eigenvalue weighted by Gasteiger charge is 2.45. The molecule has 0 saturated carbocycles. The van der Waals surface area contributed by atoms with Gasteiger partial charge in [-0.05, 0) is 69.5 Å². The van der Waals surface area contributed by atoms with Crippen LogP contribution < -0.4 is 14.8 Å². The molecule has 2 fully saturated rings. The van der Waals surface area contributed by atoms with E-state index in [0.29, 0.717) is 43.2 Å². The zero-order valence-electron chi connectivity index (χ0n) is 22.0. The Balaban J connectivity index is 1.24. The summed E-state index contributed by atoms with van der Waals surface area (Å²) < 4.78 is 66.0. The fraction of sp³-hybridized carbons (Fsp3) is 0.538. The van der Waals surface area contributed by atoms with Crippen molar-refractivity contribution >= 4 is 20.0 Å². The minimum atomic E-state index is -3.58. The molecule has 38 heavy (non-hydrogen) atoms. The summed E-state index contributed by atoms with van der Waals surface area (Å²) >= 11 is 0. The number of piperidine rings is 1. The van der Waals surface area contributed by atoms with Gasteiger partial charge in [0.05, 0.1) is 22.0 Å². The summed E-state index contributed by atoms with van der Waals surface area (Å²) in [7, 11) is -5.80. The maximum atomic E-state index is 13.3. The van der Waals surface area contributed by atoms with Crippen molar-refractivity contribution in [3.8, 4) is 5.75 Å². The number of aliphatic hydroxyl groups excluding tert-OH is 1. The number of aryl methyl sites for hydroxylation is 1. The largest absolute Gasteiger partial charge is 0.491 e. The molecule has 10 nitrogen and oxygen atoms in total. The van der Waals surface area contributed by atoms with E-state index >= 15 is 0 Å². The number of benzene rings is 2. The monoisotopic (exact) mass is 567 g/mol. The highest BCUT2D eigenvalue weighted by molar-refractivity contribution is 7.89. The smallest absolute Gasteiger partial charge is 0.243 e. The highest BCUT2D eigenvalue weighted by atomic mass is 32.2. The quantitative estimate of drug-likeness (QED) is 0.394. The van der Waals surface area contributed by atoms with E-state index in [1.54, 1.807) is 28.6 Å². The van der Waals surface area contributed by atoms with Gasteiger partial charge in [-0.1, -0.05) is 18.2 Å². The Morgan fingerprint density at radius 3 is 2.55 bits per heavy atom. The Hall–Kier alpha value is -2.06. The van der Waals surface area contributed by atoms with Crippen molar-refractivity contribution in [2.45, 2.75) is 60.6 Å². The SMILES string of the molecule is CNS(=O)(=O)c1cccc(OCC(O)CNC2COC3(CCN(S(=O)(=O)c4cccc(C)c4C)CC3)C2)c1. The molecule has 4 rings (SSSR count). The lowest BCUT2D eigenvalue weighted by Crippen LogP contribution is -2.47. The first kappa shape index (κ1) is 28.9. The third kappa shape index (κ3) is 6.39. The van der Waals surface area contributed by atoms with Crippen LogP contribution in [0.2, 0.25) is 0 Å². The molecule has 210 valence electrons. The molecule has 2 unspecified atom stereocenters. The van der Waals surface area contributed by atoms with Crippen LogP contribution in [0, 0.1) is 13.8 Å². The van der Waals surface area contributed by atoms with E-state index in [4.69, 9.17) is 9.47 Å². The van der Waals surface area contributed by atoms with Gasteiger partial charge in [0.2, 0.25) is 20.0 Å². The lowest BCUT2D eigenvalue weighted by atomic mass is 9.88. The molecule has 2 aliphatic rings. The standard InChI is InChI=1S/C26H37N3O7S2/c1-19-6-4-9-25(20(19)2)38(33,34)29-12-10-26(11-13-29)15-21(17-36-26)28-16-22(30)18-35-23-7-5-8-24(14-23)37(31,32)27-3/h4-9,14,21-22,27-28,30H,10-13,15-18H2,1-3H3. The van der Waals surface area contributed by atoms with Crippen molar-refractivity contribution in [1.82, 2.24) is 14.3 Å². The molecule has 0 radical (unpaired) electrons. The average molecular weight is 568 g/mol. The lowest BCUT2D eigenvalue weighted by Gasteiger charge is -2.38. The fourth-order valence-corrected chi connectivity index (χ4v) is 7.51. The Kier molecular flexibility index (Phi) is 8.82. The molecule has 0 amide bonds. The molecule has 0 aliphatic carbocycles. The number of nitrogens with one attached hydrogen (secondary N) is 2. The highest BCUT2D eigenvalue weighted by Crippen LogP contribution is 2.37. The van der Waals surface area contributed by atoms with Crippen molar-refractivity contribution in [2.75, 3.05) is 39.9 Å². The minimum absolute atomic E-state index is 0.0000287. The van der Waals surface area contributed by atoms with Crippen molar-refractivity contribution in [3.05, 3.63) is 53.6 Å². The molecule has 2 aliphatic heterocycles. The first-order valence-electron chi connectivity index (χ1n) is 12.7. The molecule has 2 saturated heterocycles. The summed E-state index contributed by atoms with van der Waals surface area (Å²) in [6.45, 7) is 5.34. The van der Waals surface area contributed by atoms with Crippen molar-refractivity contribution in [1.29, 1.82) is 0 Å². The second-order valence-electron chi connectivity index (χ2n) is 10.1. The van der Waals surface area contributed by atoms with Crippen LogP contribution >= 0.6 is 0 Å². The number of rotatable bonds is 10. The van der Waals surface area contributed by atoms with Gasteiger partial charge in [-0.2, -0.15) is 4.31 Å². The van der Waals surface area contributed by atoms with E-state index in [0.717, 1.165) is 17.5 Å². The molecule has 2 aromatic rings. The van der Waals surface area contributed by atoms with Crippen molar-refractivity contribution in [3.63, 3.8) is 0 Å². The molecular formula is C26H37N3O7S2. The molecular weight excluding hydrogens is 530 g/mol. The zero-order valence-corrected chi connectivity index (χ0v) is 23.6. The van der Waals surface area contributed by atoms with Crippen LogP contribution in [0.3, 0.4) is 0 Å². The van der Waals surface area contributed by atoms with Crippen LogP contribution in [0.25, 0.3) is 0 Å². The van der Waals surface area contributed by atoms with Gasteiger partial charge in [-0.15, -0.1) is 0 Å². The van der Waals surface area contributed by atoms with Gasteiger partial charge >= 0.3 is 0 Å². The first-order valence-corrected chi connectivity index (χ1v) is 15.7. The van der Waals surface area contributed by atoms with E-state index in [1.165, 1.54) is 19.2 Å². The summed E-state index contributed by atoms with van der Waals surface area (Å²) in [6, 6.07) is 11.5. The van der Waals surface area contributed by atoms with Gasteiger partial charge in [0.25, 0.3) is 0 Å². The summed E-state index contributed by atoms with van der Waals surface area (Å²) in [5.74, 6) is 0.353. The number of nitrogens with zero attached hydrogens (tertiary/aromatic N) is 1. The Morgan fingerprint density at radius 1 is 1.13 bits per heavy atom. The van der Waals surface area contributed by atoms with Crippen molar-refractivity contribution < 1.29 is 31.4 Å². The van der Waals surface area contributed by atoms with E-state index in [2.05, 4.69) is 10.0 Å². The van der Waals surface area contributed by atoms with Gasteiger partial charge < -0.3 is 19.9 Å². The maximum Gasteiger partial charge on any atom is 0.243 e. The van der Waals surface area contributed by atoms with Crippen LogP contribution in [0.1, 0.15) is 30.4 Å². The molecule has 1 spiro atoms. The van der Waals surface area contributed by atoms with E-state index in [-0.39, 0.29) is 29.7 Å². The number of sulfonamides is 2. The molecule has 2 aromatic carbocycles. The number of hydrogen-bond donors (Lipinski definition) is 3. The Bertz CT molecular complexity index is 1340. The van der Waals surface area contributed by atoms with Gasteiger partial charge in [0.1, 0.15) is 18.5 Å². The summed E-state index contributed by atoms with van der Waals surface area (Å²) in [5.41, 5.74) is 1.37. The fourth-order valence-electron chi connectivity index (χ4n) is 5.00. The Morgan fingerprint density at radius 2 is 1.84 bits per heavy atom. The summed E-state index contributed by atoms with van der Waals surface area (Å²) in [5, 5.41) is 13.7. The van der Waals surface area contributed by atoms with Gasteiger partial charge in [-0.25, -0.2) is 21.6 Å². The molecule has 0 aromatic heterocycles. The topological polar surface area (TPSA) is 134 Å². The summed E-state index contributed by atoms with van der Waals surface area (Å²) in [4.78, 5) is 0.457. The minimum Gasteiger partial charge on any atom is -0.491 e. The van der Waals surface area contributed by atoms with Crippen LogP contribution in [0.4, 0.5) is 0 Å².